The summed E-state index contributed by atoms with van der Waals surface area (Å²) in [5.41, 5.74) is 4.31. The minimum Gasteiger partial charge on any atom is -0.334 e. The maximum absolute atomic E-state index is 13.9. The number of nitrogens with zero attached hydrogens (tertiary/aromatic N) is 6. The zero-order valence-electron chi connectivity index (χ0n) is 20.5. The topological polar surface area (TPSA) is 67.2 Å². The largest absolute Gasteiger partial charge is 0.334 e. The molecule has 7 nitrogen and oxygen atoms in total. The third-order valence-electron chi connectivity index (χ3n) is 8.70. The predicted octanol–water partition coefficient (Wildman–Crippen LogP) is 4.11. The summed E-state index contributed by atoms with van der Waals surface area (Å²) >= 11 is 0. The Bertz CT molecular complexity index is 1430. The maximum Gasteiger partial charge on any atom is 0.276 e. The van der Waals surface area contributed by atoms with Crippen molar-refractivity contribution in [2.24, 2.45) is 17.8 Å². The molecule has 3 saturated heterocycles. The number of piperidine rings is 2. The molecule has 5 heterocycles. The lowest BCUT2D eigenvalue weighted by atomic mass is 9.66. The quantitative estimate of drug-likeness (QED) is 0.442. The number of rotatable bonds is 4. The number of benzene rings is 2. The molecule has 1 saturated carbocycles. The second-order valence-corrected chi connectivity index (χ2v) is 10.7. The number of likely N-dealkylation sites (tertiary alicyclic amines) is 1. The van der Waals surface area contributed by atoms with Crippen molar-refractivity contribution in [2.45, 2.75) is 32.4 Å². The van der Waals surface area contributed by atoms with Gasteiger partial charge in [0.25, 0.3) is 5.91 Å². The highest BCUT2D eigenvalue weighted by molar-refractivity contribution is 5.94. The molecule has 7 heteroatoms. The Hall–Kier alpha value is -3.58. The summed E-state index contributed by atoms with van der Waals surface area (Å²) in [4.78, 5) is 23.1. The molecular formula is C29H30N6O. The Morgan fingerprint density at radius 2 is 1.78 bits per heavy atom. The molecule has 0 N–H and O–H groups in total. The van der Waals surface area contributed by atoms with Gasteiger partial charge in [0.15, 0.2) is 5.69 Å². The van der Waals surface area contributed by atoms with E-state index in [0.717, 1.165) is 54.9 Å². The zero-order valence-corrected chi connectivity index (χ0v) is 20.5. The third-order valence-corrected chi connectivity index (χ3v) is 8.70. The standard InChI is InChI=1S/C29H30N6O/c1-19-27(31-32-35(19)26-11-5-9-21-10-6-14-30-28(21)26)29(36)34-16-22-12-13-25(34)24-18-33(17-23(22)24)15-20-7-3-2-4-8-20/h2-11,14,22-25H,12-13,15-18H2,1H3. The van der Waals surface area contributed by atoms with Gasteiger partial charge in [-0.15, -0.1) is 5.10 Å². The highest BCUT2D eigenvalue weighted by Gasteiger charge is 2.52. The van der Waals surface area contributed by atoms with Crippen molar-refractivity contribution >= 4 is 16.8 Å². The molecular weight excluding hydrogens is 448 g/mol. The van der Waals surface area contributed by atoms with Gasteiger partial charge in [0.1, 0.15) is 0 Å². The average Bonchev–Trinajstić information content (AvgIpc) is 3.53. The summed E-state index contributed by atoms with van der Waals surface area (Å²) < 4.78 is 1.77. The molecule has 0 radical (unpaired) electrons. The first-order chi connectivity index (χ1) is 17.7. The summed E-state index contributed by atoms with van der Waals surface area (Å²) in [5.74, 6) is 1.83. The first kappa shape index (κ1) is 21.7. The average molecular weight is 479 g/mol. The number of carbonyl (C=O) groups excluding carboxylic acids is 1. The van der Waals surface area contributed by atoms with Crippen LogP contribution in [0.3, 0.4) is 0 Å². The van der Waals surface area contributed by atoms with E-state index >= 15 is 0 Å². The Morgan fingerprint density at radius 3 is 2.67 bits per heavy atom. The number of carbonyl (C=O) groups is 1. The van der Waals surface area contributed by atoms with Crippen LogP contribution in [0.4, 0.5) is 0 Å². The number of hydrogen-bond donors (Lipinski definition) is 0. The minimum absolute atomic E-state index is 0.0293. The molecule has 182 valence electrons. The smallest absolute Gasteiger partial charge is 0.276 e. The third kappa shape index (κ3) is 3.45. The van der Waals surface area contributed by atoms with Crippen LogP contribution in [0.15, 0.2) is 66.9 Å². The fourth-order valence-corrected chi connectivity index (χ4v) is 7.02. The molecule has 4 atom stereocenters. The van der Waals surface area contributed by atoms with Gasteiger partial charge in [-0.1, -0.05) is 53.7 Å². The van der Waals surface area contributed by atoms with Crippen LogP contribution in [0.2, 0.25) is 0 Å². The summed E-state index contributed by atoms with van der Waals surface area (Å²) in [6.45, 7) is 5.99. The van der Waals surface area contributed by atoms with E-state index in [1.165, 1.54) is 12.0 Å². The molecule has 4 fully saturated rings. The van der Waals surface area contributed by atoms with Gasteiger partial charge in [0.2, 0.25) is 0 Å². The van der Waals surface area contributed by atoms with Crippen LogP contribution in [-0.2, 0) is 6.54 Å². The summed E-state index contributed by atoms with van der Waals surface area (Å²) in [6, 6.07) is 21.0. The Labute approximate surface area is 210 Å². The molecule has 2 bridgehead atoms. The van der Waals surface area contributed by atoms with Gasteiger partial charge < -0.3 is 4.90 Å². The van der Waals surface area contributed by atoms with Crippen LogP contribution in [0, 0.1) is 24.7 Å². The van der Waals surface area contributed by atoms with Crippen LogP contribution in [0.25, 0.3) is 16.6 Å². The fourth-order valence-electron chi connectivity index (χ4n) is 7.02. The molecule has 4 unspecified atom stereocenters. The Kier molecular flexibility index (Phi) is 5.13. The summed E-state index contributed by atoms with van der Waals surface area (Å²) in [5, 5.41) is 9.85. The number of aromatic nitrogens is 4. The maximum atomic E-state index is 13.9. The number of pyridine rings is 1. The molecule has 2 aromatic heterocycles. The van der Waals surface area contributed by atoms with Gasteiger partial charge in [-0.25, -0.2) is 4.68 Å². The minimum atomic E-state index is 0.0293. The van der Waals surface area contributed by atoms with E-state index < -0.39 is 0 Å². The van der Waals surface area contributed by atoms with Crippen molar-refractivity contribution in [3.8, 4) is 5.69 Å². The number of fused-ring (bicyclic) bond motifs is 3. The molecule has 1 aliphatic carbocycles. The van der Waals surface area contributed by atoms with E-state index in [0.29, 0.717) is 23.4 Å². The molecule has 4 aromatic rings. The summed E-state index contributed by atoms with van der Waals surface area (Å²) in [6.07, 6.45) is 4.10. The monoisotopic (exact) mass is 478 g/mol. The van der Waals surface area contributed by atoms with E-state index in [-0.39, 0.29) is 11.9 Å². The second-order valence-electron chi connectivity index (χ2n) is 10.7. The van der Waals surface area contributed by atoms with Gasteiger partial charge >= 0.3 is 0 Å². The first-order valence-electron chi connectivity index (χ1n) is 13.0. The lowest BCUT2D eigenvalue weighted by Gasteiger charge is -2.51. The first-order valence-corrected chi connectivity index (χ1v) is 13.0. The van der Waals surface area contributed by atoms with Gasteiger partial charge in [0, 0.05) is 43.8 Å². The van der Waals surface area contributed by atoms with Crippen molar-refractivity contribution in [1.29, 1.82) is 0 Å². The molecule has 3 aliphatic heterocycles. The van der Waals surface area contributed by atoms with Gasteiger partial charge in [-0.3, -0.25) is 14.7 Å². The van der Waals surface area contributed by atoms with Crippen LogP contribution < -0.4 is 0 Å². The number of para-hydroxylation sites is 1. The lowest BCUT2D eigenvalue weighted by Crippen LogP contribution is -2.59. The highest BCUT2D eigenvalue weighted by atomic mass is 16.2. The second kappa shape index (κ2) is 8.52. The van der Waals surface area contributed by atoms with Gasteiger partial charge in [0.05, 0.1) is 16.9 Å². The van der Waals surface area contributed by atoms with Crippen LogP contribution in [-0.4, -0.2) is 61.4 Å². The molecule has 1 amide bonds. The van der Waals surface area contributed by atoms with Crippen LogP contribution in [0.5, 0.6) is 0 Å². The molecule has 36 heavy (non-hydrogen) atoms. The van der Waals surface area contributed by atoms with Crippen molar-refractivity contribution in [3.05, 3.63) is 83.8 Å². The van der Waals surface area contributed by atoms with Crippen molar-refractivity contribution in [2.75, 3.05) is 19.6 Å². The van der Waals surface area contributed by atoms with Crippen LogP contribution in [0.1, 0.15) is 34.6 Å². The van der Waals surface area contributed by atoms with E-state index in [1.807, 2.05) is 37.3 Å². The Morgan fingerprint density at radius 1 is 0.944 bits per heavy atom. The number of amides is 1. The molecule has 8 rings (SSSR count). The number of hydrogen-bond acceptors (Lipinski definition) is 5. The van der Waals surface area contributed by atoms with Gasteiger partial charge in [-0.2, -0.15) is 0 Å². The SMILES string of the molecule is Cc1c(C(=O)N2CC3CCC2C2CN(Cc4ccccc4)CC32)nnn1-c1cccc2cccnc12. The van der Waals surface area contributed by atoms with Crippen LogP contribution >= 0.6 is 0 Å². The zero-order chi connectivity index (χ0) is 24.2. The summed E-state index contributed by atoms with van der Waals surface area (Å²) in [7, 11) is 0. The lowest BCUT2D eigenvalue weighted by molar-refractivity contribution is -0.0148. The van der Waals surface area contributed by atoms with E-state index in [1.54, 1.807) is 10.9 Å². The van der Waals surface area contributed by atoms with Crippen molar-refractivity contribution in [1.82, 2.24) is 29.8 Å². The predicted molar refractivity (Wildman–Crippen MR) is 138 cm³/mol. The van der Waals surface area contributed by atoms with E-state index in [4.69, 9.17) is 0 Å². The van der Waals surface area contributed by atoms with Gasteiger partial charge in [-0.05, 0) is 55.2 Å². The fraction of sp³-hybridized carbons (Fsp3) is 0.379. The molecule has 0 spiro atoms. The van der Waals surface area contributed by atoms with E-state index in [2.05, 4.69) is 55.4 Å². The van der Waals surface area contributed by atoms with Crippen molar-refractivity contribution < 1.29 is 4.79 Å². The van der Waals surface area contributed by atoms with Crippen molar-refractivity contribution in [3.63, 3.8) is 0 Å². The van der Waals surface area contributed by atoms with E-state index in [9.17, 15) is 4.79 Å². The Balaban J connectivity index is 1.14. The molecule has 2 aromatic carbocycles. The normalized spacial score (nSPS) is 25.4. The molecule has 4 aliphatic rings. The highest BCUT2D eigenvalue weighted by Crippen LogP contribution is 2.47.